The zero-order valence-corrected chi connectivity index (χ0v) is 20.2. The van der Waals surface area contributed by atoms with Crippen LogP contribution < -0.4 is 0 Å². The van der Waals surface area contributed by atoms with E-state index in [0.717, 1.165) is 0 Å². The Morgan fingerprint density at radius 1 is 0.605 bits per heavy atom. The number of carbonyl (C=O) groups is 3. The van der Waals surface area contributed by atoms with E-state index in [9.17, 15) is 14.4 Å². The van der Waals surface area contributed by atoms with Gasteiger partial charge in [0.05, 0.1) is 23.0 Å². The van der Waals surface area contributed by atoms with E-state index in [1.807, 2.05) is 0 Å². The summed E-state index contributed by atoms with van der Waals surface area (Å²) in [6, 6.07) is 28.7. The van der Waals surface area contributed by atoms with Gasteiger partial charge >= 0.3 is 17.9 Å². The molecule has 0 unspecified atom stereocenters. The van der Waals surface area contributed by atoms with Gasteiger partial charge in [-0.3, -0.25) is 0 Å². The zero-order valence-electron chi connectivity index (χ0n) is 20.2. The minimum absolute atomic E-state index is 0.253. The molecular formula is C30H24O8. The summed E-state index contributed by atoms with van der Waals surface area (Å²) in [5.74, 6) is -1.46. The van der Waals surface area contributed by atoms with E-state index < -0.39 is 42.3 Å². The predicted molar refractivity (Wildman–Crippen MR) is 134 cm³/mol. The molecule has 1 aliphatic heterocycles. The maximum absolute atomic E-state index is 13.1. The van der Waals surface area contributed by atoms with Crippen molar-refractivity contribution in [3.8, 4) is 0 Å². The molecule has 38 heavy (non-hydrogen) atoms. The van der Waals surface area contributed by atoms with Crippen LogP contribution in [0, 0.1) is 0 Å². The first kappa shape index (κ1) is 25.0. The van der Waals surface area contributed by atoms with Crippen molar-refractivity contribution in [1.29, 1.82) is 0 Å². The zero-order chi connectivity index (χ0) is 26.3. The molecule has 8 heteroatoms. The van der Waals surface area contributed by atoms with Gasteiger partial charge in [0, 0.05) is 0 Å². The minimum atomic E-state index is -1.10. The molecule has 3 aromatic carbocycles. The van der Waals surface area contributed by atoms with Crippen LogP contribution in [0.4, 0.5) is 0 Å². The number of hydrogen-bond donors (Lipinski definition) is 0. The fourth-order valence-electron chi connectivity index (χ4n) is 4.16. The molecule has 0 N–H and O–H groups in total. The standard InChI is InChI=1S/C30H24O8/c31-28(20-11-4-1-5-12-20)35-19-24-26(37-29(32)21-13-6-2-7-14-21)27(25(36-24)23-17-10-18-34-23)38-30(33)22-15-8-3-9-16-22/h1-18,24-27H,19H2/t24-,25-,26-,27+/m1/s1. The van der Waals surface area contributed by atoms with Gasteiger partial charge in [0.2, 0.25) is 0 Å². The van der Waals surface area contributed by atoms with Crippen LogP contribution in [0.5, 0.6) is 0 Å². The molecule has 8 nitrogen and oxygen atoms in total. The van der Waals surface area contributed by atoms with Crippen molar-refractivity contribution in [2.45, 2.75) is 24.4 Å². The summed E-state index contributed by atoms with van der Waals surface area (Å²) in [4.78, 5) is 38.7. The molecule has 4 atom stereocenters. The molecule has 0 aliphatic carbocycles. The Morgan fingerprint density at radius 3 is 1.61 bits per heavy atom. The summed E-state index contributed by atoms with van der Waals surface area (Å²) in [5.41, 5.74) is 0.984. The van der Waals surface area contributed by atoms with Crippen LogP contribution in [0.3, 0.4) is 0 Å². The molecule has 1 aliphatic rings. The molecule has 0 spiro atoms. The van der Waals surface area contributed by atoms with E-state index in [1.165, 1.54) is 6.26 Å². The summed E-state index contributed by atoms with van der Waals surface area (Å²) in [6.07, 6.45) is -2.58. The molecule has 1 aromatic heterocycles. The SMILES string of the molecule is O=C(OC[C@H]1O[C@H](c2ccco2)[C@H](OC(=O)c2ccccc2)[C@@H]1OC(=O)c1ccccc1)c1ccccc1. The lowest BCUT2D eigenvalue weighted by Gasteiger charge is -2.24. The van der Waals surface area contributed by atoms with E-state index in [0.29, 0.717) is 22.5 Å². The monoisotopic (exact) mass is 512 g/mol. The predicted octanol–water partition coefficient (Wildman–Crippen LogP) is 5.03. The highest BCUT2D eigenvalue weighted by atomic mass is 16.7. The van der Waals surface area contributed by atoms with E-state index in [2.05, 4.69) is 0 Å². The summed E-state index contributed by atoms with van der Waals surface area (Å²) < 4.78 is 28.9. The summed E-state index contributed by atoms with van der Waals surface area (Å²) in [5, 5.41) is 0. The van der Waals surface area contributed by atoms with E-state index >= 15 is 0 Å². The normalized spacial score (nSPS) is 20.4. The Kier molecular flexibility index (Phi) is 7.61. The van der Waals surface area contributed by atoms with E-state index in [4.69, 9.17) is 23.4 Å². The van der Waals surface area contributed by atoms with Crippen molar-refractivity contribution < 1.29 is 37.7 Å². The average Bonchev–Trinajstić information content (AvgIpc) is 3.62. The van der Waals surface area contributed by atoms with E-state index in [-0.39, 0.29) is 6.61 Å². The summed E-state index contributed by atoms with van der Waals surface area (Å²) >= 11 is 0. The molecule has 2 heterocycles. The lowest BCUT2D eigenvalue weighted by atomic mass is 10.1. The number of hydrogen-bond acceptors (Lipinski definition) is 8. The lowest BCUT2D eigenvalue weighted by molar-refractivity contribution is -0.0462. The molecular weight excluding hydrogens is 488 g/mol. The maximum Gasteiger partial charge on any atom is 0.338 e. The van der Waals surface area contributed by atoms with Gasteiger partial charge in [-0.1, -0.05) is 54.6 Å². The van der Waals surface area contributed by atoms with Crippen LogP contribution in [-0.2, 0) is 18.9 Å². The molecule has 0 radical (unpaired) electrons. The van der Waals surface area contributed by atoms with Gasteiger partial charge in [0.25, 0.3) is 0 Å². The lowest BCUT2D eigenvalue weighted by Crippen LogP contribution is -2.40. The molecule has 4 aromatic rings. The Morgan fingerprint density at radius 2 is 1.11 bits per heavy atom. The largest absolute Gasteiger partial charge is 0.466 e. The number of esters is 3. The number of benzene rings is 3. The van der Waals surface area contributed by atoms with E-state index in [1.54, 1.807) is 103 Å². The smallest absolute Gasteiger partial charge is 0.338 e. The van der Waals surface area contributed by atoms with Crippen molar-refractivity contribution >= 4 is 17.9 Å². The molecule has 1 fully saturated rings. The highest BCUT2D eigenvalue weighted by Gasteiger charge is 2.52. The number of rotatable bonds is 8. The Balaban J connectivity index is 1.43. The molecule has 1 saturated heterocycles. The van der Waals surface area contributed by atoms with Crippen LogP contribution >= 0.6 is 0 Å². The third-order valence-corrected chi connectivity index (χ3v) is 6.03. The highest BCUT2D eigenvalue weighted by molar-refractivity contribution is 5.91. The first-order valence-corrected chi connectivity index (χ1v) is 12.0. The number of furan rings is 1. The highest BCUT2D eigenvalue weighted by Crippen LogP contribution is 2.38. The van der Waals surface area contributed by atoms with Gasteiger partial charge in [0.15, 0.2) is 18.3 Å². The van der Waals surface area contributed by atoms with Gasteiger partial charge in [-0.2, -0.15) is 0 Å². The van der Waals surface area contributed by atoms with Crippen LogP contribution in [0.25, 0.3) is 0 Å². The van der Waals surface area contributed by atoms with Gasteiger partial charge in [-0.25, -0.2) is 14.4 Å². The molecule has 0 bridgehead atoms. The second kappa shape index (κ2) is 11.6. The quantitative estimate of drug-likeness (QED) is 0.239. The Labute approximate surface area is 218 Å². The minimum Gasteiger partial charge on any atom is -0.466 e. The van der Waals surface area contributed by atoms with Crippen molar-refractivity contribution in [1.82, 2.24) is 0 Å². The van der Waals surface area contributed by atoms with Crippen LogP contribution in [-0.4, -0.2) is 42.8 Å². The summed E-state index contributed by atoms with van der Waals surface area (Å²) in [6.45, 7) is -0.253. The molecule has 0 saturated carbocycles. The Bertz CT molecular complexity index is 1350. The first-order chi connectivity index (χ1) is 18.6. The number of carbonyl (C=O) groups excluding carboxylic acids is 3. The van der Waals surface area contributed by atoms with Gasteiger partial charge < -0.3 is 23.4 Å². The molecule has 0 amide bonds. The fraction of sp³-hybridized carbons (Fsp3) is 0.167. The third kappa shape index (κ3) is 5.66. The first-order valence-electron chi connectivity index (χ1n) is 12.0. The topological polar surface area (TPSA) is 101 Å². The second-order valence-electron chi connectivity index (χ2n) is 8.55. The van der Waals surface area contributed by atoms with Crippen molar-refractivity contribution in [3.05, 3.63) is 132 Å². The number of ether oxygens (including phenoxy) is 4. The maximum atomic E-state index is 13.1. The Hall–Kier alpha value is -4.69. The van der Waals surface area contributed by atoms with Crippen molar-refractivity contribution in [2.24, 2.45) is 0 Å². The van der Waals surface area contributed by atoms with Gasteiger partial charge in [-0.05, 0) is 48.5 Å². The van der Waals surface area contributed by atoms with Gasteiger partial charge in [-0.15, -0.1) is 0 Å². The van der Waals surface area contributed by atoms with Crippen LogP contribution in [0.15, 0.2) is 114 Å². The molecule has 5 rings (SSSR count). The third-order valence-electron chi connectivity index (χ3n) is 6.03. The summed E-state index contributed by atoms with van der Waals surface area (Å²) in [7, 11) is 0. The molecule has 192 valence electrons. The van der Waals surface area contributed by atoms with Crippen LogP contribution in [0.2, 0.25) is 0 Å². The van der Waals surface area contributed by atoms with Gasteiger partial charge in [0.1, 0.15) is 18.5 Å². The second-order valence-corrected chi connectivity index (χ2v) is 8.55. The van der Waals surface area contributed by atoms with Crippen molar-refractivity contribution in [2.75, 3.05) is 6.61 Å². The average molecular weight is 513 g/mol. The fourth-order valence-corrected chi connectivity index (χ4v) is 4.16. The van der Waals surface area contributed by atoms with Crippen LogP contribution in [0.1, 0.15) is 42.9 Å². The van der Waals surface area contributed by atoms with Crippen molar-refractivity contribution in [3.63, 3.8) is 0 Å².